The third-order valence-corrected chi connectivity index (χ3v) is 0. The number of rotatable bonds is 0. The molecule has 0 aliphatic carbocycles. The molecule has 0 bridgehead atoms. The first-order valence-corrected chi connectivity index (χ1v) is 2.24. The number of hydrogen-bond acceptors (Lipinski definition) is 3. The van der Waals surface area contributed by atoms with Gasteiger partial charge in [0, 0.05) is 0 Å². The van der Waals surface area contributed by atoms with Gasteiger partial charge in [0.15, 0.2) is 0 Å². The van der Waals surface area contributed by atoms with Crippen LogP contribution in [-0.2, 0) is 21.1 Å². The van der Waals surface area contributed by atoms with Crippen LogP contribution in [0.5, 0.6) is 0 Å². The monoisotopic (exact) mass is 172 g/mol. The van der Waals surface area contributed by atoms with Crippen molar-refractivity contribution in [1.29, 1.82) is 0 Å². The molecule has 0 spiro atoms. The second-order valence-electron chi connectivity index (χ2n) is 0.469. The van der Waals surface area contributed by atoms with Gasteiger partial charge in [0.25, 0.3) is 0 Å². The first kappa shape index (κ1) is 15.6. The van der Waals surface area contributed by atoms with Crippen LogP contribution in [0.25, 0.3) is 0 Å². The molecule has 0 radical (unpaired) electrons. The zero-order chi connectivity index (χ0) is 4.50. The van der Waals surface area contributed by atoms with Crippen molar-refractivity contribution in [3.05, 3.63) is 0 Å². The summed E-state index contributed by atoms with van der Waals surface area (Å²) in [7, 11) is -5.14. The molecule has 0 aromatic carbocycles. The van der Waals surface area contributed by atoms with E-state index in [9.17, 15) is 0 Å². The van der Waals surface area contributed by atoms with Crippen molar-refractivity contribution in [3.63, 3.8) is 0 Å². The van der Waals surface area contributed by atoms with Crippen LogP contribution in [0.1, 0.15) is 0 Å². The van der Waals surface area contributed by atoms with Gasteiger partial charge in [-0.3, -0.25) is 0 Å². The summed E-state index contributed by atoms with van der Waals surface area (Å²) in [5, 5.41) is 0. The molecule has 0 aliphatic heterocycles. The summed E-state index contributed by atoms with van der Waals surface area (Å²) in [6.45, 7) is 0. The summed E-state index contributed by atoms with van der Waals surface area (Å²) in [5.74, 6) is 0. The van der Waals surface area contributed by atoms with E-state index in [2.05, 4.69) is 0 Å². The first-order chi connectivity index (χ1) is 2.00. The largest absolute Gasteiger partial charge is 2.00 e. The summed E-state index contributed by atoms with van der Waals surface area (Å²) in [6.07, 6.45) is 0. The first-order valence-electron chi connectivity index (χ1n) is 0.748. The minimum Gasteiger partial charge on any atom is -0.790 e. The average molecular weight is 173 g/mol. The smallest absolute Gasteiger partial charge is 0.790 e. The maximum atomic E-state index is 8.66. The van der Waals surface area contributed by atoms with Crippen molar-refractivity contribution in [2.45, 2.75) is 0 Å². The Morgan fingerprint density at radius 1 is 1.43 bits per heavy atom. The van der Waals surface area contributed by atoms with E-state index in [-0.39, 0.29) is 22.0 Å². The number of hydrogen-bond donors (Lipinski definition) is 1. The molecule has 0 aromatic heterocycles. The molecule has 0 aliphatic rings. The molecule has 0 unspecified atom stereocenters. The summed E-state index contributed by atoms with van der Waals surface area (Å²) < 4.78 is 8.66. The van der Waals surface area contributed by atoms with Crippen LogP contribution >= 0.6 is 7.82 Å². The van der Waals surface area contributed by atoms with Crippen LogP contribution in [0, 0.1) is 0 Å². The zero-order valence-electron chi connectivity index (χ0n) is 2.94. The Labute approximate surface area is 49.8 Å². The normalized spacial score (nSPS) is 8.43. The van der Waals surface area contributed by atoms with E-state index in [1.807, 2.05) is 0 Å². The van der Waals surface area contributed by atoms with Crippen molar-refractivity contribution in [2.24, 2.45) is 0 Å². The van der Waals surface area contributed by atoms with E-state index in [4.69, 9.17) is 19.2 Å². The van der Waals surface area contributed by atoms with Gasteiger partial charge in [-0.1, -0.05) is 0 Å². The minimum atomic E-state index is -5.14. The van der Waals surface area contributed by atoms with E-state index in [1.54, 1.807) is 0 Å². The molecule has 48 valence electrons. The molecule has 0 saturated heterocycles. The van der Waals surface area contributed by atoms with E-state index in [0.29, 0.717) is 0 Å². The van der Waals surface area contributed by atoms with Crippen LogP contribution in [0.4, 0.5) is 0 Å². The molecule has 0 aromatic rings. The molecular formula is H3NiO5P. The number of phosphoric acid groups is 1. The molecule has 0 amide bonds. The Morgan fingerprint density at radius 3 is 1.43 bits per heavy atom. The van der Waals surface area contributed by atoms with Gasteiger partial charge in [-0.05, 0) is 0 Å². The maximum Gasteiger partial charge on any atom is 2.00 e. The van der Waals surface area contributed by atoms with Crippen LogP contribution in [0.2, 0.25) is 0 Å². The average Bonchev–Trinajstić information content (AvgIpc) is 0.722. The van der Waals surface area contributed by atoms with Crippen LogP contribution in [0.15, 0.2) is 0 Å². The summed E-state index contributed by atoms with van der Waals surface area (Å²) in [4.78, 5) is 24.3. The van der Waals surface area contributed by atoms with Gasteiger partial charge in [-0.25, -0.2) is 0 Å². The Hall–Kier alpha value is 0.564. The van der Waals surface area contributed by atoms with Gasteiger partial charge in [-0.2, -0.15) is 0 Å². The van der Waals surface area contributed by atoms with Crippen molar-refractivity contribution in [1.82, 2.24) is 0 Å². The van der Waals surface area contributed by atoms with Crippen molar-refractivity contribution < 1.29 is 41.2 Å². The fourth-order valence-corrected chi connectivity index (χ4v) is 0. The van der Waals surface area contributed by atoms with Gasteiger partial charge >= 0.3 is 16.5 Å². The molecule has 0 rings (SSSR count). The van der Waals surface area contributed by atoms with Crippen LogP contribution in [-0.4, -0.2) is 10.4 Å². The van der Waals surface area contributed by atoms with Crippen LogP contribution < -0.4 is 9.79 Å². The van der Waals surface area contributed by atoms with Gasteiger partial charge in [0.1, 0.15) is 0 Å². The Balaban J connectivity index is -0.0000000800. The summed E-state index contributed by atoms with van der Waals surface area (Å²) in [6, 6.07) is 0. The van der Waals surface area contributed by atoms with Gasteiger partial charge in [0.05, 0.1) is 7.82 Å². The SMILES string of the molecule is O.O=P([O-])([O-])O.[Ni+2]. The van der Waals surface area contributed by atoms with Crippen molar-refractivity contribution >= 4 is 7.82 Å². The predicted octanol–water partition coefficient (Wildman–Crippen LogP) is -3.02. The topological polar surface area (TPSA) is 115 Å². The molecule has 7 heavy (non-hydrogen) atoms. The van der Waals surface area contributed by atoms with Crippen molar-refractivity contribution in [3.8, 4) is 0 Å². The van der Waals surface area contributed by atoms with E-state index in [1.165, 1.54) is 0 Å². The molecule has 0 fully saturated rings. The molecule has 0 atom stereocenters. The Kier molecular flexibility index (Phi) is 10.5. The minimum absolute atomic E-state index is 0. The standard InChI is InChI=1S/Ni.H3O4P.H2O/c;1-5(2,3)4;/h;(H3,1,2,3,4);1H2/q+2;;/p-2. The Morgan fingerprint density at radius 2 is 1.43 bits per heavy atom. The predicted molar refractivity (Wildman–Crippen MR) is 13.4 cm³/mol. The van der Waals surface area contributed by atoms with E-state index >= 15 is 0 Å². The quantitative estimate of drug-likeness (QED) is 0.309. The molecule has 5 nitrogen and oxygen atoms in total. The fraction of sp³-hybridized carbons (Fsp3) is 0. The van der Waals surface area contributed by atoms with Gasteiger partial charge < -0.3 is 24.7 Å². The van der Waals surface area contributed by atoms with Gasteiger partial charge in [-0.15, -0.1) is 0 Å². The molecule has 0 saturated carbocycles. The molecule has 7 heteroatoms. The fourth-order valence-electron chi connectivity index (χ4n) is 0. The third kappa shape index (κ3) is 430. The Bertz CT molecular complexity index is 54.2. The zero-order valence-corrected chi connectivity index (χ0v) is 4.82. The maximum absolute atomic E-state index is 8.66. The van der Waals surface area contributed by atoms with E-state index in [0.717, 1.165) is 0 Å². The van der Waals surface area contributed by atoms with Crippen molar-refractivity contribution in [2.75, 3.05) is 0 Å². The second-order valence-corrected chi connectivity index (χ2v) is 1.41. The molecule has 3 N–H and O–H groups in total. The van der Waals surface area contributed by atoms with E-state index < -0.39 is 7.82 Å². The third-order valence-electron chi connectivity index (χ3n) is 0. The van der Waals surface area contributed by atoms with Crippen LogP contribution in [0.3, 0.4) is 0 Å². The molecule has 0 heterocycles. The molecular weight excluding hydrogens is 170 g/mol. The summed E-state index contributed by atoms with van der Waals surface area (Å²) >= 11 is 0. The summed E-state index contributed by atoms with van der Waals surface area (Å²) in [5.41, 5.74) is 0. The van der Waals surface area contributed by atoms with Gasteiger partial charge in [0.2, 0.25) is 0 Å². The second kappa shape index (κ2) is 4.72.